The van der Waals surface area contributed by atoms with Gasteiger partial charge in [-0.2, -0.15) is 4.98 Å². The number of nitrogen functional groups attached to an aromatic ring is 1. The van der Waals surface area contributed by atoms with Gasteiger partial charge in [0.2, 0.25) is 5.89 Å². The minimum absolute atomic E-state index is 0. The van der Waals surface area contributed by atoms with Crippen LogP contribution in [0.3, 0.4) is 0 Å². The Labute approximate surface area is 107 Å². The van der Waals surface area contributed by atoms with Crippen molar-refractivity contribution in [3.05, 3.63) is 41.5 Å². The van der Waals surface area contributed by atoms with E-state index in [0.29, 0.717) is 18.2 Å². The molecule has 4 nitrogen and oxygen atoms in total. The van der Waals surface area contributed by atoms with Gasteiger partial charge < -0.3 is 10.3 Å². The van der Waals surface area contributed by atoms with E-state index in [1.165, 1.54) is 0 Å². The predicted molar refractivity (Wildman–Crippen MR) is 69.3 cm³/mol. The molecule has 1 heterocycles. The van der Waals surface area contributed by atoms with Crippen LogP contribution in [0.2, 0.25) is 0 Å². The maximum atomic E-state index is 5.61. The van der Waals surface area contributed by atoms with Gasteiger partial charge in [-0.3, -0.25) is 0 Å². The van der Waals surface area contributed by atoms with Gasteiger partial charge in [-0.05, 0) is 17.7 Å². The van der Waals surface area contributed by atoms with Crippen molar-refractivity contribution in [2.45, 2.75) is 26.2 Å². The number of aromatic nitrogens is 2. The Kier molecular flexibility index (Phi) is 4.52. The molecule has 0 amide bonds. The molecule has 2 N–H and O–H groups in total. The second-order valence-electron chi connectivity index (χ2n) is 4.12. The number of nitrogens with zero attached hydrogens (tertiary/aromatic N) is 2. The van der Waals surface area contributed by atoms with Crippen molar-refractivity contribution in [1.29, 1.82) is 0 Å². The summed E-state index contributed by atoms with van der Waals surface area (Å²) >= 11 is 0. The van der Waals surface area contributed by atoms with E-state index in [4.69, 9.17) is 10.3 Å². The molecule has 0 spiro atoms. The van der Waals surface area contributed by atoms with Crippen LogP contribution in [-0.4, -0.2) is 10.1 Å². The fourth-order valence-corrected chi connectivity index (χ4v) is 1.38. The summed E-state index contributed by atoms with van der Waals surface area (Å²) in [4.78, 5) is 4.32. The second-order valence-corrected chi connectivity index (χ2v) is 4.12. The Morgan fingerprint density at radius 2 is 1.88 bits per heavy atom. The first kappa shape index (κ1) is 13.5. The van der Waals surface area contributed by atoms with Crippen molar-refractivity contribution in [3.63, 3.8) is 0 Å². The highest BCUT2D eigenvalue weighted by molar-refractivity contribution is 5.85. The molecule has 0 aliphatic carbocycles. The largest absolute Gasteiger partial charge is 0.399 e. The number of halogens is 1. The molecular formula is C12H16ClN3O. The molecule has 2 rings (SSSR count). The van der Waals surface area contributed by atoms with Crippen LogP contribution in [0.5, 0.6) is 0 Å². The molecule has 0 saturated carbocycles. The summed E-state index contributed by atoms with van der Waals surface area (Å²) in [6, 6.07) is 7.67. The number of rotatable bonds is 3. The molecule has 5 heteroatoms. The molecular weight excluding hydrogens is 238 g/mol. The van der Waals surface area contributed by atoms with E-state index in [2.05, 4.69) is 10.1 Å². The zero-order chi connectivity index (χ0) is 11.5. The number of nitrogens with two attached hydrogens (primary N) is 1. The van der Waals surface area contributed by atoms with Crippen LogP contribution >= 0.6 is 12.4 Å². The maximum absolute atomic E-state index is 5.61. The second kappa shape index (κ2) is 5.68. The van der Waals surface area contributed by atoms with Gasteiger partial charge in [-0.1, -0.05) is 31.1 Å². The van der Waals surface area contributed by atoms with Gasteiger partial charge in [-0.15, -0.1) is 12.4 Å². The average molecular weight is 254 g/mol. The van der Waals surface area contributed by atoms with E-state index in [9.17, 15) is 0 Å². The highest BCUT2D eigenvalue weighted by Gasteiger charge is 2.09. The zero-order valence-electron chi connectivity index (χ0n) is 9.88. The standard InChI is InChI=1S/C12H15N3O.ClH/c1-8(2)12-14-11(16-15-12)7-9-3-5-10(13)6-4-9;/h3-6,8H,7,13H2,1-2H3;1H. The van der Waals surface area contributed by atoms with Crippen molar-refractivity contribution in [2.75, 3.05) is 5.73 Å². The lowest BCUT2D eigenvalue weighted by molar-refractivity contribution is 0.377. The van der Waals surface area contributed by atoms with Crippen molar-refractivity contribution < 1.29 is 4.52 Å². The smallest absolute Gasteiger partial charge is 0.231 e. The lowest BCUT2D eigenvalue weighted by Gasteiger charge is -1.97. The van der Waals surface area contributed by atoms with Crippen LogP contribution in [0.25, 0.3) is 0 Å². The number of benzene rings is 1. The summed E-state index contributed by atoms with van der Waals surface area (Å²) < 4.78 is 5.17. The third kappa shape index (κ3) is 3.46. The Morgan fingerprint density at radius 3 is 2.41 bits per heavy atom. The first-order valence-electron chi connectivity index (χ1n) is 5.32. The minimum atomic E-state index is 0. The Hall–Kier alpha value is -1.55. The normalized spacial score (nSPS) is 10.3. The van der Waals surface area contributed by atoms with Crippen LogP contribution in [0, 0.1) is 0 Å². The minimum Gasteiger partial charge on any atom is -0.399 e. The summed E-state index contributed by atoms with van der Waals surface area (Å²) in [5.41, 5.74) is 7.49. The molecule has 0 fully saturated rings. The van der Waals surface area contributed by atoms with Gasteiger partial charge >= 0.3 is 0 Å². The highest BCUT2D eigenvalue weighted by Crippen LogP contribution is 2.13. The molecule has 2 aromatic rings. The Bertz CT molecular complexity index is 465. The van der Waals surface area contributed by atoms with E-state index in [1.54, 1.807) is 0 Å². The number of hydrogen-bond donors (Lipinski definition) is 1. The Morgan fingerprint density at radius 1 is 1.24 bits per heavy atom. The van der Waals surface area contributed by atoms with E-state index < -0.39 is 0 Å². The number of anilines is 1. The van der Waals surface area contributed by atoms with Gasteiger partial charge in [0.25, 0.3) is 0 Å². The molecule has 1 aromatic heterocycles. The van der Waals surface area contributed by atoms with Crippen molar-refractivity contribution in [2.24, 2.45) is 0 Å². The van der Waals surface area contributed by atoms with Crippen LogP contribution < -0.4 is 5.73 Å². The van der Waals surface area contributed by atoms with Crippen LogP contribution in [0.4, 0.5) is 5.69 Å². The summed E-state index contributed by atoms with van der Waals surface area (Å²) in [6.45, 7) is 4.08. The molecule has 17 heavy (non-hydrogen) atoms. The van der Waals surface area contributed by atoms with Crippen molar-refractivity contribution >= 4 is 18.1 Å². The van der Waals surface area contributed by atoms with Crippen molar-refractivity contribution in [3.8, 4) is 0 Å². The quantitative estimate of drug-likeness (QED) is 0.855. The van der Waals surface area contributed by atoms with Crippen LogP contribution in [0.15, 0.2) is 28.8 Å². The summed E-state index contributed by atoms with van der Waals surface area (Å²) in [6.07, 6.45) is 0.653. The van der Waals surface area contributed by atoms with Crippen LogP contribution in [0.1, 0.15) is 37.0 Å². The first-order chi connectivity index (χ1) is 7.65. The monoisotopic (exact) mass is 253 g/mol. The molecule has 1 aromatic carbocycles. The van der Waals surface area contributed by atoms with Gasteiger partial charge in [0.15, 0.2) is 5.82 Å². The third-order valence-electron chi connectivity index (χ3n) is 2.34. The molecule has 0 atom stereocenters. The topological polar surface area (TPSA) is 64.9 Å². The SMILES string of the molecule is CC(C)c1noc(Cc2ccc(N)cc2)n1.Cl. The third-order valence-corrected chi connectivity index (χ3v) is 2.34. The molecule has 0 saturated heterocycles. The molecule has 0 radical (unpaired) electrons. The fourth-order valence-electron chi connectivity index (χ4n) is 1.38. The Balaban J connectivity index is 0.00000144. The average Bonchev–Trinajstić information content (AvgIpc) is 2.70. The summed E-state index contributed by atoms with van der Waals surface area (Å²) in [5, 5.41) is 3.92. The first-order valence-corrected chi connectivity index (χ1v) is 5.32. The lowest BCUT2D eigenvalue weighted by atomic mass is 10.1. The van der Waals surface area contributed by atoms with E-state index in [-0.39, 0.29) is 12.4 Å². The number of hydrogen-bond acceptors (Lipinski definition) is 4. The zero-order valence-corrected chi connectivity index (χ0v) is 10.7. The van der Waals surface area contributed by atoms with E-state index in [0.717, 1.165) is 17.1 Å². The van der Waals surface area contributed by atoms with Crippen molar-refractivity contribution in [1.82, 2.24) is 10.1 Å². The van der Waals surface area contributed by atoms with E-state index >= 15 is 0 Å². The predicted octanol–water partition coefficient (Wildman–Crippen LogP) is 2.79. The van der Waals surface area contributed by atoms with Crippen LogP contribution in [-0.2, 0) is 6.42 Å². The highest BCUT2D eigenvalue weighted by atomic mass is 35.5. The van der Waals surface area contributed by atoms with Gasteiger partial charge in [0.05, 0.1) is 6.42 Å². The van der Waals surface area contributed by atoms with Gasteiger partial charge in [0.1, 0.15) is 0 Å². The van der Waals surface area contributed by atoms with Gasteiger partial charge in [-0.25, -0.2) is 0 Å². The lowest BCUT2D eigenvalue weighted by Crippen LogP contribution is -1.92. The van der Waals surface area contributed by atoms with E-state index in [1.807, 2.05) is 38.1 Å². The molecule has 92 valence electrons. The maximum Gasteiger partial charge on any atom is 0.231 e. The van der Waals surface area contributed by atoms with Gasteiger partial charge in [0, 0.05) is 11.6 Å². The summed E-state index contributed by atoms with van der Waals surface area (Å²) in [5.74, 6) is 1.70. The molecule has 0 unspecified atom stereocenters. The molecule has 0 aliphatic rings. The summed E-state index contributed by atoms with van der Waals surface area (Å²) in [7, 11) is 0. The molecule has 0 aliphatic heterocycles. The fraction of sp³-hybridized carbons (Fsp3) is 0.333. The molecule has 0 bridgehead atoms.